The van der Waals surface area contributed by atoms with Crippen LogP contribution in [0, 0.1) is 6.92 Å². The molecule has 0 spiro atoms. The monoisotopic (exact) mass is 215 g/mol. The van der Waals surface area contributed by atoms with E-state index in [1.54, 1.807) is 6.26 Å². The van der Waals surface area contributed by atoms with Crippen LogP contribution in [0.5, 0.6) is 0 Å². The molecular formula is C14H17NO. The Labute approximate surface area is 96.3 Å². The molecule has 1 unspecified atom stereocenters. The van der Waals surface area contributed by atoms with Crippen molar-refractivity contribution in [1.82, 2.24) is 0 Å². The second-order valence-corrected chi connectivity index (χ2v) is 4.14. The van der Waals surface area contributed by atoms with E-state index in [0.717, 1.165) is 12.2 Å². The van der Waals surface area contributed by atoms with Crippen molar-refractivity contribution in [3.05, 3.63) is 54.0 Å². The smallest absolute Gasteiger partial charge is 0.105 e. The molecule has 2 heteroatoms. The van der Waals surface area contributed by atoms with Gasteiger partial charge in [-0.05, 0) is 37.6 Å². The summed E-state index contributed by atoms with van der Waals surface area (Å²) in [6.07, 6.45) is 2.62. The zero-order valence-corrected chi connectivity index (χ0v) is 9.73. The van der Waals surface area contributed by atoms with E-state index < -0.39 is 0 Å². The summed E-state index contributed by atoms with van der Waals surface area (Å²) in [7, 11) is 0. The maximum Gasteiger partial charge on any atom is 0.105 e. The van der Waals surface area contributed by atoms with Gasteiger partial charge in [0.25, 0.3) is 0 Å². The lowest BCUT2D eigenvalue weighted by molar-refractivity contribution is 0.498. The molecule has 2 aromatic rings. The summed E-state index contributed by atoms with van der Waals surface area (Å²) < 4.78 is 5.33. The van der Waals surface area contributed by atoms with Crippen LogP contribution in [0.25, 0.3) is 0 Å². The Bertz CT molecular complexity index is 434. The predicted molar refractivity (Wildman–Crippen MR) is 66.7 cm³/mol. The average Bonchev–Trinajstić information content (AvgIpc) is 2.74. The van der Waals surface area contributed by atoms with E-state index in [2.05, 4.69) is 43.4 Å². The summed E-state index contributed by atoms with van der Waals surface area (Å²) in [5, 5.41) is 3.49. The fraction of sp³-hybridized carbons (Fsp3) is 0.286. The largest absolute Gasteiger partial charge is 0.469 e. The first-order valence-corrected chi connectivity index (χ1v) is 5.60. The lowest BCUT2D eigenvalue weighted by atomic mass is 10.1. The molecule has 1 aromatic carbocycles. The van der Waals surface area contributed by atoms with E-state index in [1.165, 1.54) is 11.3 Å². The van der Waals surface area contributed by atoms with Gasteiger partial charge in [-0.2, -0.15) is 0 Å². The van der Waals surface area contributed by atoms with Crippen molar-refractivity contribution in [1.29, 1.82) is 0 Å². The van der Waals surface area contributed by atoms with E-state index in [1.807, 2.05) is 12.1 Å². The molecule has 16 heavy (non-hydrogen) atoms. The van der Waals surface area contributed by atoms with Crippen LogP contribution in [0.4, 0.5) is 5.69 Å². The van der Waals surface area contributed by atoms with Crippen molar-refractivity contribution < 1.29 is 4.42 Å². The van der Waals surface area contributed by atoms with Crippen molar-refractivity contribution in [2.45, 2.75) is 26.3 Å². The van der Waals surface area contributed by atoms with Gasteiger partial charge in [-0.25, -0.2) is 0 Å². The molecule has 1 atom stereocenters. The van der Waals surface area contributed by atoms with Crippen LogP contribution in [0.3, 0.4) is 0 Å². The van der Waals surface area contributed by atoms with Crippen molar-refractivity contribution in [2.75, 3.05) is 5.32 Å². The summed E-state index contributed by atoms with van der Waals surface area (Å²) in [6.45, 7) is 4.27. The highest BCUT2D eigenvalue weighted by Crippen LogP contribution is 2.15. The third kappa shape index (κ3) is 2.66. The van der Waals surface area contributed by atoms with Crippen LogP contribution < -0.4 is 5.32 Å². The Balaban J connectivity index is 1.97. The van der Waals surface area contributed by atoms with Crippen molar-refractivity contribution in [2.24, 2.45) is 0 Å². The highest BCUT2D eigenvalue weighted by molar-refractivity contribution is 5.50. The first-order valence-electron chi connectivity index (χ1n) is 5.60. The Kier molecular flexibility index (Phi) is 3.30. The molecule has 1 heterocycles. The van der Waals surface area contributed by atoms with Gasteiger partial charge < -0.3 is 9.73 Å². The zero-order valence-electron chi connectivity index (χ0n) is 9.73. The maximum absolute atomic E-state index is 5.33. The van der Waals surface area contributed by atoms with Gasteiger partial charge in [0.1, 0.15) is 5.76 Å². The maximum atomic E-state index is 5.33. The zero-order chi connectivity index (χ0) is 11.4. The second kappa shape index (κ2) is 4.88. The molecule has 0 amide bonds. The fourth-order valence-corrected chi connectivity index (χ4v) is 1.78. The standard InChI is InChI=1S/C14H17NO/c1-11-6-3-4-8-14(11)15-12(2)10-13-7-5-9-16-13/h3-9,12,15H,10H2,1-2H3. The molecule has 0 bridgehead atoms. The molecule has 0 saturated heterocycles. The minimum atomic E-state index is 0.368. The van der Waals surface area contributed by atoms with Gasteiger partial charge in [-0.15, -0.1) is 0 Å². The van der Waals surface area contributed by atoms with E-state index in [0.29, 0.717) is 6.04 Å². The van der Waals surface area contributed by atoms with Crippen LogP contribution >= 0.6 is 0 Å². The number of aryl methyl sites for hydroxylation is 1. The Hall–Kier alpha value is -1.70. The number of benzene rings is 1. The molecule has 0 radical (unpaired) electrons. The molecule has 0 aliphatic heterocycles. The van der Waals surface area contributed by atoms with E-state index in [9.17, 15) is 0 Å². The van der Waals surface area contributed by atoms with Gasteiger partial charge in [0.05, 0.1) is 6.26 Å². The third-order valence-electron chi connectivity index (χ3n) is 2.63. The fourth-order valence-electron chi connectivity index (χ4n) is 1.78. The SMILES string of the molecule is Cc1ccccc1NC(C)Cc1ccco1. The minimum absolute atomic E-state index is 0.368. The van der Waals surface area contributed by atoms with Gasteiger partial charge in [0.15, 0.2) is 0 Å². The van der Waals surface area contributed by atoms with Crippen LogP contribution in [0.15, 0.2) is 47.1 Å². The van der Waals surface area contributed by atoms with E-state index in [-0.39, 0.29) is 0 Å². The van der Waals surface area contributed by atoms with Crippen LogP contribution in [0.1, 0.15) is 18.2 Å². The number of nitrogens with one attached hydrogen (secondary N) is 1. The van der Waals surface area contributed by atoms with Crippen LogP contribution in [0.2, 0.25) is 0 Å². The van der Waals surface area contributed by atoms with Gasteiger partial charge in [-0.1, -0.05) is 18.2 Å². The minimum Gasteiger partial charge on any atom is -0.469 e. The molecule has 0 fully saturated rings. The van der Waals surface area contributed by atoms with E-state index >= 15 is 0 Å². The number of hydrogen-bond acceptors (Lipinski definition) is 2. The van der Waals surface area contributed by atoms with Crippen LogP contribution in [-0.4, -0.2) is 6.04 Å². The number of para-hydroxylation sites is 1. The molecule has 2 nitrogen and oxygen atoms in total. The van der Waals surface area contributed by atoms with Crippen molar-refractivity contribution >= 4 is 5.69 Å². The van der Waals surface area contributed by atoms with E-state index in [4.69, 9.17) is 4.42 Å². The Morgan fingerprint density at radius 2 is 2.00 bits per heavy atom. The number of hydrogen-bond donors (Lipinski definition) is 1. The summed E-state index contributed by atoms with van der Waals surface area (Å²) in [5.41, 5.74) is 2.47. The number of furan rings is 1. The second-order valence-electron chi connectivity index (χ2n) is 4.14. The molecule has 1 aromatic heterocycles. The molecule has 0 aliphatic rings. The van der Waals surface area contributed by atoms with Gasteiger partial charge in [-0.3, -0.25) is 0 Å². The predicted octanol–water partition coefficient (Wildman–Crippen LogP) is 3.63. The summed E-state index contributed by atoms with van der Waals surface area (Å²) in [4.78, 5) is 0. The molecular weight excluding hydrogens is 198 g/mol. The summed E-state index contributed by atoms with van der Waals surface area (Å²) >= 11 is 0. The molecule has 84 valence electrons. The van der Waals surface area contributed by atoms with Crippen molar-refractivity contribution in [3.63, 3.8) is 0 Å². The van der Waals surface area contributed by atoms with Crippen molar-refractivity contribution in [3.8, 4) is 0 Å². The first kappa shape index (κ1) is 10.8. The third-order valence-corrected chi connectivity index (χ3v) is 2.63. The lowest BCUT2D eigenvalue weighted by Crippen LogP contribution is -2.18. The molecule has 1 N–H and O–H groups in total. The highest BCUT2D eigenvalue weighted by Gasteiger charge is 2.06. The normalized spacial score (nSPS) is 12.4. The van der Waals surface area contributed by atoms with Gasteiger partial charge in [0.2, 0.25) is 0 Å². The topological polar surface area (TPSA) is 25.2 Å². The van der Waals surface area contributed by atoms with Gasteiger partial charge >= 0.3 is 0 Å². The molecule has 0 aliphatic carbocycles. The molecule has 2 rings (SSSR count). The van der Waals surface area contributed by atoms with Gasteiger partial charge in [0, 0.05) is 18.2 Å². The summed E-state index contributed by atoms with van der Waals surface area (Å²) in [6, 6.07) is 12.6. The number of anilines is 1. The Morgan fingerprint density at radius 3 is 2.69 bits per heavy atom. The number of rotatable bonds is 4. The first-order chi connectivity index (χ1) is 7.75. The van der Waals surface area contributed by atoms with Crippen LogP contribution in [-0.2, 0) is 6.42 Å². The molecule has 0 saturated carbocycles. The lowest BCUT2D eigenvalue weighted by Gasteiger charge is -2.15. The summed E-state index contributed by atoms with van der Waals surface area (Å²) in [5.74, 6) is 1.02. The average molecular weight is 215 g/mol. The Morgan fingerprint density at radius 1 is 1.19 bits per heavy atom. The highest BCUT2D eigenvalue weighted by atomic mass is 16.3. The quantitative estimate of drug-likeness (QED) is 0.842.